The van der Waals surface area contributed by atoms with Crippen LogP contribution in [0, 0.1) is 5.92 Å². The Labute approximate surface area is 92.7 Å². The molecule has 1 aliphatic rings. The molecule has 1 nitrogen and oxygen atoms in total. The van der Waals surface area contributed by atoms with E-state index < -0.39 is 0 Å². The molecule has 82 valence electrons. The molecule has 2 unspecified atom stereocenters. The Morgan fingerprint density at radius 2 is 1.93 bits per heavy atom. The van der Waals surface area contributed by atoms with Crippen LogP contribution in [0.25, 0.3) is 0 Å². The highest BCUT2D eigenvalue weighted by molar-refractivity contribution is 5.21. The lowest BCUT2D eigenvalue weighted by atomic mass is 9.73. The van der Waals surface area contributed by atoms with Gasteiger partial charge in [-0.15, -0.1) is 0 Å². The minimum Gasteiger partial charge on any atom is -0.327 e. The number of rotatable bonds is 4. The van der Waals surface area contributed by atoms with Crippen LogP contribution in [0.2, 0.25) is 0 Å². The zero-order valence-electron chi connectivity index (χ0n) is 9.52. The maximum Gasteiger partial charge on any atom is 0.0136 e. The second kappa shape index (κ2) is 4.80. The van der Waals surface area contributed by atoms with Crippen molar-refractivity contribution in [1.29, 1.82) is 0 Å². The predicted molar refractivity (Wildman–Crippen MR) is 64.8 cm³/mol. The lowest BCUT2D eigenvalue weighted by molar-refractivity contribution is 0.234. The van der Waals surface area contributed by atoms with Crippen molar-refractivity contribution < 1.29 is 0 Å². The summed E-state index contributed by atoms with van der Waals surface area (Å²) in [7, 11) is 0. The molecule has 0 aromatic heterocycles. The molecule has 2 rings (SSSR count). The summed E-state index contributed by atoms with van der Waals surface area (Å²) in [5.74, 6) is 1.33. The van der Waals surface area contributed by atoms with E-state index >= 15 is 0 Å². The van der Waals surface area contributed by atoms with E-state index in [9.17, 15) is 0 Å². The first-order chi connectivity index (χ1) is 7.33. The molecule has 1 fully saturated rings. The van der Waals surface area contributed by atoms with E-state index in [1.807, 2.05) is 0 Å². The van der Waals surface area contributed by atoms with Crippen LogP contribution in [0.4, 0.5) is 0 Å². The first-order valence-electron chi connectivity index (χ1n) is 6.13. The van der Waals surface area contributed by atoms with Gasteiger partial charge in [-0.25, -0.2) is 0 Å². The van der Waals surface area contributed by atoms with Crippen molar-refractivity contribution in [3.63, 3.8) is 0 Å². The molecule has 1 saturated carbocycles. The molecular weight excluding hydrogens is 182 g/mol. The Balaban J connectivity index is 2.09. The molecule has 1 aliphatic carbocycles. The number of hydrogen-bond donors (Lipinski definition) is 1. The maximum absolute atomic E-state index is 6.37. The predicted octanol–water partition coefficient (Wildman–Crippen LogP) is 3.31. The van der Waals surface area contributed by atoms with Crippen molar-refractivity contribution in [2.45, 2.75) is 44.6 Å². The summed E-state index contributed by atoms with van der Waals surface area (Å²) in [5.41, 5.74) is 7.78. The van der Waals surface area contributed by atoms with Crippen LogP contribution in [0.1, 0.15) is 44.1 Å². The molecular formula is C14H21N. The molecule has 15 heavy (non-hydrogen) atoms. The van der Waals surface area contributed by atoms with Crippen molar-refractivity contribution in [2.75, 3.05) is 0 Å². The zero-order chi connectivity index (χ0) is 10.7. The highest BCUT2D eigenvalue weighted by atomic mass is 14.7. The number of nitrogens with two attached hydrogens (primary N) is 1. The third-order valence-corrected chi connectivity index (χ3v) is 3.83. The molecule has 0 amide bonds. The molecule has 1 aromatic carbocycles. The molecule has 2 N–H and O–H groups in total. The van der Waals surface area contributed by atoms with E-state index in [1.165, 1.54) is 24.8 Å². The highest BCUT2D eigenvalue weighted by Gasteiger charge is 2.30. The van der Waals surface area contributed by atoms with Gasteiger partial charge >= 0.3 is 0 Å². The van der Waals surface area contributed by atoms with Crippen molar-refractivity contribution in [2.24, 2.45) is 11.7 Å². The van der Waals surface area contributed by atoms with Crippen molar-refractivity contribution in [3.8, 4) is 0 Å². The molecule has 0 radical (unpaired) electrons. The van der Waals surface area contributed by atoms with Gasteiger partial charge in [-0.2, -0.15) is 0 Å². The third kappa shape index (κ3) is 2.23. The summed E-state index contributed by atoms with van der Waals surface area (Å²) in [5, 5.41) is 0. The van der Waals surface area contributed by atoms with Gasteiger partial charge < -0.3 is 5.73 Å². The quantitative estimate of drug-likeness (QED) is 0.798. The van der Waals surface area contributed by atoms with Gasteiger partial charge in [0.05, 0.1) is 0 Å². The Morgan fingerprint density at radius 3 is 2.40 bits per heavy atom. The van der Waals surface area contributed by atoms with Crippen LogP contribution in [-0.2, 0) is 0 Å². The fourth-order valence-electron chi connectivity index (χ4n) is 2.58. The van der Waals surface area contributed by atoms with Gasteiger partial charge in [0.25, 0.3) is 0 Å². The minimum atomic E-state index is 0.367. The average Bonchev–Trinajstić information content (AvgIpc) is 2.18. The van der Waals surface area contributed by atoms with E-state index in [-0.39, 0.29) is 0 Å². The van der Waals surface area contributed by atoms with Gasteiger partial charge in [0.1, 0.15) is 0 Å². The fourth-order valence-corrected chi connectivity index (χ4v) is 2.58. The van der Waals surface area contributed by atoms with Gasteiger partial charge in [0.15, 0.2) is 0 Å². The Bertz CT molecular complexity index is 289. The Morgan fingerprint density at radius 1 is 1.27 bits per heavy atom. The van der Waals surface area contributed by atoms with Gasteiger partial charge in [-0.3, -0.25) is 0 Å². The topological polar surface area (TPSA) is 26.0 Å². The standard InChI is InChI=1S/C14H21N/c1-2-13(11-7-4-3-5-8-11)14(15)12-9-6-10-12/h3-5,7-8,12-14H,2,6,9-10,15H2,1H3. The molecule has 0 heterocycles. The summed E-state index contributed by atoms with van der Waals surface area (Å²) >= 11 is 0. The first-order valence-corrected chi connectivity index (χ1v) is 6.13. The lowest BCUT2D eigenvalue weighted by Gasteiger charge is -2.36. The van der Waals surface area contributed by atoms with Crippen LogP contribution in [0.15, 0.2) is 30.3 Å². The van der Waals surface area contributed by atoms with E-state index in [0.29, 0.717) is 12.0 Å². The molecule has 0 saturated heterocycles. The van der Waals surface area contributed by atoms with Gasteiger partial charge in [-0.05, 0) is 36.7 Å². The maximum atomic E-state index is 6.37. The summed E-state index contributed by atoms with van der Waals surface area (Å²) in [6.45, 7) is 2.25. The smallest absolute Gasteiger partial charge is 0.0136 e. The van der Waals surface area contributed by atoms with Gasteiger partial charge in [-0.1, -0.05) is 43.7 Å². The van der Waals surface area contributed by atoms with E-state index in [1.54, 1.807) is 0 Å². The normalized spacial score (nSPS) is 20.7. The lowest BCUT2D eigenvalue weighted by Crippen LogP contribution is -2.39. The Hall–Kier alpha value is -0.820. The van der Waals surface area contributed by atoms with Crippen molar-refractivity contribution >= 4 is 0 Å². The SMILES string of the molecule is CCC(c1ccccc1)C(N)C1CCC1. The minimum absolute atomic E-state index is 0.367. The summed E-state index contributed by atoms with van der Waals surface area (Å²) < 4.78 is 0. The summed E-state index contributed by atoms with van der Waals surface area (Å²) in [6, 6.07) is 11.1. The molecule has 0 spiro atoms. The molecule has 0 aliphatic heterocycles. The van der Waals surface area contributed by atoms with Crippen LogP contribution >= 0.6 is 0 Å². The van der Waals surface area contributed by atoms with E-state index in [0.717, 1.165) is 12.3 Å². The summed E-state index contributed by atoms with van der Waals surface area (Å²) in [6.07, 6.45) is 5.21. The third-order valence-electron chi connectivity index (χ3n) is 3.83. The Kier molecular flexibility index (Phi) is 3.42. The second-order valence-electron chi connectivity index (χ2n) is 4.69. The van der Waals surface area contributed by atoms with Crippen LogP contribution in [0.3, 0.4) is 0 Å². The van der Waals surface area contributed by atoms with Crippen LogP contribution < -0.4 is 5.73 Å². The second-order valence-corrected chi connectivity index (χ2v) is 4.69. The monoisotopic (exact) mass is 203 g/mol. The van der Waals surface area contributed by atoms with Crippen LogP contribution in [-0.4, -0.2) is 6.04 Å². The van der Waals surface area contributed by atoms with Crippen molar-refractivity contribution in [1.82, 2.24) is 0 Å². The number of hydrogen-bond acceptors (Lipinski definition) is 1. The molecule has 2 atom stereocenters. The van der Waals surface area contributed by atoms with Crippen molar-refractivity contribution in [3.05, 3.63) is 35.9 Å². The number of benzene rings is 1. The van der Waals surface area contributed by atoms with Gasteiger partial charge in [0.2, 0.25) is 0 Å². The van der Waals surface area contributed by atoms with E-state index in [4.69, 9.17) is 5.73 Å². The summed E-state index contributed by atoms with van der Waals surface area (Å²) in [4.78, 5) is 0. The molecule has 0 bridgehead atoms. The zero-order valence-corrected chi connectivity index (χ0v) is 9.52. The first kappa shape index (κ1) is 10.7. The van der Waals surface area contributed by atoms with E-state index in [2.05, 4.69) is 37.3 Å². The van der Waals surface area contributed by atoms with Gasteiger partial charge in [0, 0.05) is 6.04 Å². The van der Waals surface area contributed by atoms with Crippen LogP contribution in [0.5, 0.6) is 0 Å². The molecule has 1 aromatic rings. The largest absolute Gasteiger partial charge is 0.327 e. The fraction of sp³-hybridized carbons (Fsp3) is 0.571. The highest BCUT2D eigenvalue weighted by Crippen LogP contribution is 2.36. The average molecular weight is 203 g/mol. The molecule has 1 heteroatoms.